The molecular formula is C22H32N4O3S. The number of hydrogen-bond donors (Lipinski definition) is 2. The van der Waals surface area contributed by atoms with Crippen LogP contribution >= 0.6 is 11.3 Å². The minimum absolute atomic E-state index is 0.235. The molecule has 0 aromatic carbocycles. The molecule has 2 aliphatic carbocycles. The Kier molecular flexibility index (Phi) is 7.02. The second-order valence-corrected chi connectivity index (χ2v) is 9.93. The second-order valence-electron chi connectivity index (χ2n) is 9.03. The molecule has 1 aromatic rings. The van der Waals surface area contributed by atoms with E-state index in [0.29, 0.717) is 29.8 Å². The van der Waals surface area contributed by atoms with E-state index < -0.39 is 18.1 Å². The van der Waals surface area contributed by atoms with Crippen LogP contribution in [0.4, 0.5) is 9.93 Å². The van der Waals surface area contributed by atoms with Gasteiger partial charge in [-0.05, 0) is 24.7 Å². The Bertz CT molecular complexity index is 742. The van der Waals surface area contributed by atoms with Crippen LogP contribution in [0, 0.1) is 11.8 Å². The summed E-state index contributed by atoms with van der Waals surface area (Å²) < 4.78 is 0. The van der Waals surface area contributed by atoms with Crippen LogP contribution in [0.15, 0.2) is 11.6 Å². The van der Waals surface area contributed by atoms with Crippen molar-refractivity contribution in [2.45, 2.75) is 89.1 Å². The van der Waals surface area contributed by atoms with E-state index in [1.54, 1.807) is 11.6 Å². The summed E-state index contributed by atoms with van der Waals surface area (Å²) in [5.74, 6) is 0.302. The average Bonchev–Trinajstić information content (AvgIpc) is 3.36. The molecule has 1 aliphatic heterocycles. The van der Waals surface area contributed by atoms with Crippen molar-refractivity contribution in [2.24, 2.45) is 11.8 Å². The molecule has 1 saturated heterocycles. The van der Waals surface area contributed by atoms with Crippen LogP contribution in [0.5, 0.6) is 0 Å². The molecule has 2 N–H and O–H groups in total. The second kappa shape index (κ2) is 9.90. The molecule has 8 heteroatoms. The van der Waals surface area contributed by atoms with Crippen molar-refractivity contribution in [3.8, 4) is 0 Å². The normalized spacial score (nSPS) is 24.7. The van der Waals surface area contributed by atoms with E-state index in [9.17, 15) is 14.4 Å². The summed E-state index contributed by atoms with van der Waals surface area (Å²) >= 11 is 1.34. The van der Waals surface area contributed by atoms with Gasteiger partial charge in [-0.25, -0.2) is 14.7 Å². The lowest BCUT2D eigenvalue weighted by atomic mass is 9.83. The molecule has 0 spiro atoms. The molecule has 3 aliphatic rings. The highest BCUT2D eigenvalue weighted by atomic mass is 32.1. The summed E-state index contributed by atoms with van der Waals surface area (Å²) in [5, 5.41) is 7.99. The SMILES string of the molecule is O=C(Nc1nccs1)[C@H](CC1CCCCC1)N1C(=O)NC(CC2CCCCC2)C1=O. The Labute approximate surface area is 182 Å². The van der Waals surface area contributed by atoms with E-state index in [4.69, 9.17) is 0 Å². The van der Waals surface area contributed by atoms with Gasteiger partial charge in [0.05, 0.1) is 0 Å². The Balaban J connectivity index is 1.48. The summed E-state index contributed by atoms with van der Waals surface area (Å²) in [5.41, 5.74) is 0. The first-order valence-corrected chi connectivity index (χ1v) is 12.3. The average molecular weight is 433 g/mol. The number of urea groups is 1. The van der Waals surface area contributed by atoms with Gasteiger partial charge < -0.3 is 10.6 Å². The minimum atomic E-state index is -0.777. The first-order valence-electron chi connectivity index (χ1n) is 11.5. The standard InChI is InChI=1S/C22H32N4O3S/c27-19(25-21-23-11-12-30-21)18(14-16-9-5-2-6-10-16)26-20(28)17(24-22(26)29)13-15-7-3-1-4-8-15/h11-12,15-18H,1-10,13-14H2,(H,24,29)(H,23,25,27)/t17?,18-/m0/s1. The van der Waals surface area contributed by atoms with Gasteiger partial charge in [-0.1, -0.05) is 64.2 Å². The smallest absolute Gasteiger partial charge is 0.325 e. The van der Waals surface area contributed by atoms with Crippen LogP contribution in [0.2, 0.25) is 0 Å². The summed E-state index contributed by atoms with van der Waals surface area (Å²) in [6.07, 6.45) is 14.4. The molecule has 0 radical (unpaired) electrons. The molecule has 4 rings (SSSR count). The monoisotopic (exact) mass is 432 g/mol. The predicted octanol–water partition coefficient (Wildman–Crippen LogP) is 4.31. The summed E-state index contributed by atoms with van der Waals surface area (Å²) in [7, 11) is 0. The van der Waals surface area contributed by atoms with E-state index in [-0.39, 0.29) is 11.8 Å². The highest BCUT2D eigenvalue weighted by Crippen LogP contribution is 2.32. The quantitative estimate of drug-likeness (QED) is 0.628. The topological polar surface area (TPSA) is 91.4 Å². The fraction of sp³-hybridized carbons (Fsp3) is 0.727. The maximum atomic E-state index is 13.2. The Hall–Kier alpha value is -1.96. The van der Waals surface area contributed by atoms with E-state index in [1.807, 2.05) is 0 Å². The minimum Gasteiger partial charge on any atom is -0.326 e. The van der Waals surface area contributed by atoms with Crippen molar-refractivity contribution in [3.05, 3.63) is 11.6 Å². The number of carbonyl (C=O) groups is 3. The lowest BCUT2D eigenvalue weighted by Gasteiger charge is -2.30. The van der Waals surface area contributed by atoms with Gasteiger partial charge in [0.1, 0.15) is 12.1 Å². The van der Waals surface area contributed by atoms with E-state index in [0.717, 1.165) is 38.5 Å². The van der Waals surface area contributed by atoms with E-state index >= 15 is 0 Å². The lowest BCUT2D eigenvalue weighted by molar-refractivity contribution is -0.134. The fourth-order valence-electron chi connectivity index (χ4n) is 5.30. The fourth-order valence-corrected chi connectivity index (χ4v) is 5.83. The molecular weight excluding hydrogens is 400 g/mol. The highest BCUT2D eigenvalue weighted by Gasteiger charge is 2.46. The zero-order chi connectivity index (χ0) is 20.9. The molecule has 30 heavy (non-hydrogen) atoms. The molecule has 3 fully saturated rings. The molecule has 4 amide bonds. The van der Waals surface area contributed by atoms with Gasteiger partial charge >= 0.3 is 6.03 Å². The van der Waals surface area contributed by atoms with Crippen molar-refractivity contribution < 1.29 is 14.4 Å². The first kappa shape index (κ1) is 21.3. The first-order chi connectivity index (χ1) is 14.6. The van der Waals surface area contributed by atoms with Gasteiger partial charge in [0.2, 0.25) is 5.91 Å². The maximum Gasteiger partial charge on any atom is 0.325 e. The third-order valence-electron chi connectivity index (χ3n) is 6.90. The van der Waals surface area contributed by atoms with Gasteiger partial charge in [-0.15, -0.1) is 11.3 Å². The molecule has 0 bridgehead atoms. The van der Waals surface area contributed by atoms with Crippen LogP contribution in [0.3, 0.4) is 0 Å². The van der Waals surface area contributed by atoms with Gasteiger partial charge in [-0.2, -0.15) is 0 Å². The molecule has 7 nitrogen and oxygen atoms in total. The molecule has 1 unspecified atom stereocenters. The number of thiazole rings is 1. The van der Waals surface area contributed by atoms with Gasteiger partial charge in [0.15, 0.2) is 5.13 Å². The number of anilines is 1. The van der Waals surface area contributed by atoms with Crippen molar-refractivity contribution in [1.82, 2.24) is 15.2 Å². The Morgan fingerprint density at radius 1 is 1.10 bits per heavy atom. The number of rotatable bonds is 7. The number of imide groups is 1. The van der Waals surface area contributed by atoms with Crippen molar-refractivity contribution >= 4 is 34.3 Å². The summed E-state index contributed by atoms with van der Waals surface area (Å²) in [6, 6.07) is -1.70. The zero-order valence-electron chi connectivity index (χ0n) is 17.5. The summed E-state index contributed by atoms with van der Waals surface area (Å²) in [4.78, 5) is 44.5. The van der Waals surface area contributed by atoms with Crippen LogP contribution < -0.4 is 10.6 Å². The number of nitrogens with one attached hydrogen (secondary N) is 2. The Morgan fingerprint density at radius 2 is 1.77 bits per heavy atom. The van der Waals surface area contributed by atoms with Gasteiger partial charge in [0.25, 0.3) is 5.91 Å². The highest BCUT2D eigenvalue weighted by molar-refractivity contribution is 7.13. The van der Waals surface area contributed by atoms with Crippen LogP contribution in [0.1, 0.15) is 77.0 Å². The predicted molar refractivity (Wildman–Crippen MR) is 116 cm³/mol. The Morgan fingerprint density at radius 3 is 2.40 bits per heavy atom. The van der Waals surface area contributed by atoms with Crippen molar-refractivity contribution in [1.29, 1.82) is 0 Å². The summed E-state index contributed by atoms with van der Waals surface area (Å²) in [6.45, 7) is 0. The zero-order valence-corrected chi connectivity index (χ0v) is 18.3. The molecule has 2 atom stereocenters. The van der Waals surface area contributed by atoms with Crippen LogP contribution in [-0.2, 0) is 9.59 Å². The largest absolute Gasteiger partial charge is 0.326 e. The van der Waals surface area contributed by atoms with Crippen molar-refractivity contribution in [3.63, 3.8) is 0 Å². The molecule has 1 aromatic heterocycles. The van der Waals surface area contributed by atoms with Crippen molar-refractivity contribution in [2.75, 3.05) is 5.32 Å². The van der Waals surface area contributed by atoms with Gasteiger partial charge in [-0.3, -0.25) is 9.59 Å². The number of nitrogens with zero attached hydrogens (tertiary/aromatic N) is 2. The molecule has 164 valence electrons. The number of amides is 4. The van der Waals surface area contributed by atoms with Crippen LogP contribution in [0.25, 0.3) is 0 Å². The molecule has 2 heterocycles. The third kappa shape index (κ3) is 5.02. The van der Waals surface area contributed by atoms with E-state index in [2.05, 4.69) is 15.6 Å². The van der Waals surface area contributed by atoms with E-state index in [1.165, 1.54) is 41.9 Å². The molecule has 2 saturated carbocycles. The number of carbonyl (C=O) groups excluding carboxylic acids is 3. The van der Waals surface area contributed by atoms with Crippen LogP contribution in [-0.4, -0.2) is 39.8 Å². The number of aromatic nitrogens is 1. The maximum absolute atomic E-state index is 13.2. The lowest BCUT2D eigenvalue weighted by Crippen LogP contribution is -2.49. The number of hydrogen-bond acceptors (Lipinski definition) is 5. The van der Waals surface area contributed by atoms with Gasteiger partial charge in [0, 0.05) is 11.6 Å². The third-order valence-corrected chi connectivity index (χ3v) is 7.59.